The molecule has 2 heterocycles. The minimum absolute atomic E-state index is 0.258. The molecule has 2 rings (SSSR count). The van der Waals surface area contributed by atoms with Gasteiger partial charge in [0.15, 0.2) is 0 Å². The largest absolute Gasteiger partial charge is 0.444 e. The number of hydrogen-bond acceptors (Lipinski definition) is 5. The number of carbonyl (C=O) groups excluding carboxylic acids is 1. The van der Waals surface area contributed by atoms with E-state index in [1.54, 1.807) is 12.0 Å². The highest BCUT2D eigenvalue weighted by molar-refractivity contribution is 5.98. The Morgan fingerprint density at radius 3 is 2.70 bits per heavy atom. The molecule has 1 amide bonds. The fourth-order valence-corrected chi connectivity index (χ4v) is 2.41. The lowest BCUT2D eigenvalue weighted by molar-refractivity contribution is 0.0260. The van der Waals surface area contributed by atoms with E-state index < -0.39 is 5.60 Å². The van der Waals surface area contributed by atoms with Crippen molar-refractivity contribution in [3.05, 3.63) is 0 Å². The Bertz CT molecular complexity index is 382. The van der Waals surface area contributed by atoms with Gasteiger partial charge in [-0.3, -0.25) is 9.91 Å². The van der Waals surface area contributed by atoms with Crippen LogP contribution in [0.15, 0.2) is 5.10 Å². The third-order valence-electron chi connectivity index (χ3n) is 3.37. The fourth-order valence-electron chi connectivity index (χ4n) is 2.41. The second-order valence-corrected chi connectivity index (χ2v) is 6.42. The standard InChI is InChI=1S/C14H25N3O3/c1-14(2,3)20-13(18)16-8-11(9-16)15-17-7-5-6-12(17)10-19-4/h12H,5-10H2,1-4H3/t12-/m0/s1. The second kappa shape index (κ2) is 5.99. The average Bonchev–Trinajstić information content (AvgIpc) is 2.68. The molecule has 0 spiro atoms. The van der Waals surface area contributed by atoms with Crippen molar-refractivity contribution in [2.24, 2.45) is 5.10 Å². The number of ether oxygens (including phenoxy) is 2. The number of nitrogens with zero attached hydrogens (tertiary/aromatic N) is 3. The van der Waals surface area contributed by atoms with Crippen molar-refractivity contribution >= 4 is 11.8 Å². The molecule has 6 heteroatoms. The molecule has 0 N–H and O–H groups in total. The third kappa shape index (κ3) is 3.85. The molecule has 0 saturated carbocycles. The predicted octanol–water partition coefficient (Wildman–Crippen LogP) is 1.70. The first-order chi connectivity index (χ1) is 9.39. The Balaban J connectivity index is 1.80. The Morgan fingerprint density at radius 2 is 2.10 bits per heavy atom. The Morgan fingerprint density at radius 1 is 1.40 bits per heavy atom. The van der Waals surface area contributed by atoms with E-state index in [0.717, 1.165) is 25.1 Å². The summed E-state index contributed by atoms with van der Waals surface area (Å²) < 4.78 is 10.5. The number of amides is 1. The van der Waals surface area contributed by atoms with Crippen LogP contribution in [0.4, 0.5) is 4.79 Å². The topological polar surface area (TPSA) is 54.4 Å². The summed E-state index contributed by atoms with van der Waals surface area (Å²) >= 11 is 0. The van der Waals surface area contributed by atoms with E-state index in [-0.39, 0.29) is 6.09 Å². The van der Waals surface area contributed by atoms with E-state index in [0.29, 0.717) is 25.7 Å². The lowest BCUT2D eigenvalue weighted by atomic mass is 10.2. The SMILES string of the molecule is COC[C@@H]1CCCN1N=C1CN(C(=O)OC(C)(C)C)C1. The summed E-state index contributed by atoms with van der Waals surface area (Å²) in [5, 5.41) is 6.73. The Labute approximate surface area is 120 Å². The van der Waals surface area contributed by atoms with E-state index in [1.807, 2.05) is 20.8 Å². The molecule has 2 aliphatic rings. The summed E-state index contributed by atoms with van der Waals surface area (Å²) in [4.78, 5) is 13.5. The maximum Gasteiger partial charge on any atom is 0.410 e. The van der Waals surface area contributed by atoms with Gasteiger partial charge in [0.1, 0.15) is 5.60 Å². The molecule has 2 aliphatic heterocycles. The Hall–Kier alpha value is -1.30. The molecule has 0 aromatic carbocycles. The lowest BCUT2D eigenvalue weighted by Gasteiger charge is -2.35. The summed E-state index contributed by atoms with van der Waals surface area (Å²) in [5.41, 5.74) is 0.599. The highest BCUT2D eigenvalue weighted by Crippen LogP contribution is 2.20. The van der Waals surface area contributed by atoms with Crippen LogP contribution in [0.5, 0.6) is 0 Å². The molecule has 0 aliphatic carbocycles. The molecule has 0 radical (unpaired) electrons. The third-order valence-corrected chi connectivity index (χ3v) is 3.37. The minimum atomic E-state index is -0.442. The van der Waals surface area contributed by atoms with E-state index in [2.05, 4.69) is 10.1 Å². The van der Waals surface area contributed by atoms with E-state index >= 15 is 0 Å². The molecule has 1 atom stereocenters. The van der Waals surface area contributed by atoms with Crippen LogP contribution in [-0.4, -0.2) is 66.7 Å². The number of rotatable bonds is 3. The van der Waals surface area contributed by atoms with Crippen molar-refractivity contribution in [1.82, 2.24) is 9.91 Å². The molecule has 0 aromatic rings. The van der Waals surface area contributed by atoms with Crippen LogP contribution in [0.25, 0.3) is 0 Å². The summed E-state index contributed by atoms with van der Waals surface area (Å²) in [7, 11) is 1.72. The molecule has 0 bridgehead atoms. The molecule has 0 aromatic heterocycles. The highest BCUT2D eigenvalue weighted by atomic mass is 16.6. The highest BCUT2D eigenvalue weighted by Gasteiger charge is 2.32. The van der Waals surface area contributed by atoms with Gasteiger partial charge in [-0.1, -0.05) is 0 Å². The summed E-state index contributed by atoms with van der Waals surface area (Å²) in [6.07, 6.45) is 2.02. The Kier molecular flexibility index (Phi) is 4.52. The molecule has 0 unspecified atom stereocenters. The smallest absolute Gasteiger partial charge is 0.410 e. The van der Waals surface area contributed by atoms with Gasteiger partial charge in [-0.05, 0) is 33.6 Å². The normalized spacial score (nSPS) is 22.8. The van der Waals surface area contributed by atoms with Gasteiger partial charge in [0, 0.05) is 13.7 Å². The second-order valence-electron chi connectivity index (χ2n) is 6.42. The predicted molar refractivity (Wildman–Crippen MR) is 76.8 cm³/mol. The lowest BCUT2D eigenvalue weighted by Crippen LogP contribution is -2.53. The van der Waals surface area contributed by atoms with Gasteiger partial charge in [-0.25, -0.2) is 4.79 Å². The van der Waals surface area contributed by atoms with Gasteiger partial charge in [0.25, 0.3) is 0 Å². The van der Waals surface area contributed by atoms with Crippen molar-refractivity contribution < 1.29 is 14.3 Å². The zero-order valence-electron chi connectivity index (χ0n) is 12.9. The monoisotopic (exact) mass is 283 g/mol. The van der Waals surface area contributed by atoms with Crippen molar-refractivity contribution in [1.29, 1.82) is 0 Å². The number of likely N-dealkylation sites (tertiary alicyclic amines) is 1. The van der Waals surface area contributed by atoms with Crippen LogP contribution in [-0.2, 0) is 9.47 Å². The molecule has 20 heavy (non-hydrogen) atoms. The van der Waals surface area contributed by atoms with Crippen LogP contribution in [0, 0.1) is 0 Å². The average molecular weight is 283 g/mol. The van der Waals surface area contributed by atoms with Gasteiger partial charge in [-0.2, -0.15) is 5.10 Å². The van der Waals surface area contributed by atoms with Gasteiger partial charge < -0.3 is 9.47 Å². The fraction of sp³-hybridized carbons (Fsp3) is 0.857. The van der Waals surface area contributed by atoms with Crippen molar-refractivity contribution in [2.45, 2.75) is 45.3 Å². The molecule has 2 saturated heterocycles. The number of methoxy groups -OCH3 is 1. The number of hydrazone groups is 1. The molecule has 6 nitrogen and oxygen atoms in total. The van der Waals surface area contributed by atoms with Crippen LogP contribution in [0.2, 0.25) is 0 Å². The maximum absolute atomic E-state index is 11.8. The molecular formula is C14H25N3O3. The van der Waals surface area contributed by atoms with Crippen LogP contribution >= 0.6 is 0 Å². The molecular weight excluding hydrogens is 258 g/mol. The first kappa shape index (κ1) is 15.1. The number of hydrogen-bond donors (Lipinski definition) is 0. The summed E-state index contributed by atoms with van der Waals surface area (Å²) in [5.74, 6) is 0. The van der Waals surface area contributed by atoms with Crippen LogP contribution in [0.1, 0.15) is 33.6 Å². The van der Waals surface area contributed by atoms with Crippen molar-refractivity contribution in [2.75, 3.05) is 33.4 Å². The zero-order valence-corrected chi connectivity index (χ0v) is 12.9. The van der Waals surface area contributed by atoms with Gasteiger partial charge in [0.2, 0.25) is 0 Å². The van der Waals surface area contributed by atoms with E-state index in [1.165, 1.54) is 0 Å². The number of carbonyl (C=O) groups is 1. The zero-order chi connectivity index (χ0) is 14.8. The summed E-state index contributed by atoms with van der Waals surface area (Å²) in [6, 6.07) is 0.378. The van der Waals surface area contributed by atoms with Gasteiger partial charge in [0.05, 0.1) is 31.4 Å². The summed E-state index contributed by atoms with van der Waals surface area (Å²) in [6.45, 7) is 8.46. The van der Waals surface area contributed by atoms with Crippen LogP contribution < -0.4 is 0 Å². The van der Waals surface area contributed by atoms with Gasteiger partial charge in [-0.15, -0.1) is 0 Å². The first-order valence-corrected chi connectivity index (χ1v) is 7.19. The van der Waals surface area contributed by atoms with Gasteiger partial charge >= 0.3 is 6.09 Å². The van der Waals surface area contributed by atoms with E-state index in [9.17, 15) is 4.79 Å². The van der Waals surface area contributed by atoms with Crippen LogP contribution in [0.3, 0.4) is 0 Å². The maximum atomic E-state index is 11.8. The minimum Gasteiger partial charge on any atom is -0.444 e. The van der Waals surface area contributed by atoms with E-state index in [4.69, 9.17) is 9.47 Å². The van der Waals surface area contributed by atoms with Crippen molar-refractivity contribution in [3.8, 4) is 0 Å². The molecule has 2 fully saturated rings. The first-order valence-electron chi connectivity index (χ1n) is 7.19. The quantitative estimate of drug-likeness (QED) is 0.791. The molecule has 114 valence electrons. The van der Waals surface area contributed by atoms with Crippen molar-refractivity contribution in [3.63, 3.8) is 0 Å².